The summed E-state index contributed by atoms with van der Waals surface area (Å²) in [6.07, 6.45) is 1.84. The molecule has 2 unspecified atom stereocenters. The van der Waals surface area contributed by atoms with Gasteiger partial charge in [-0.05, 0) is 79.3 Å². The highest BCUT2D eigenvalue weighted by atomic mass is 32.2. The van der Waals surface area contributed by atoms with Gasteiger partial charge in [-0.2, -0.15) is 5.26 Å². The number of anilines is 1. The van der Waals surface area contributed by atoms with Crippen LogP contribution in [0.1, 0.15) is 60.6 Å². The van der Waals surface area contributed by atoms with E-state index in [2.05, 4.69) is 9.44 Å². The average molecular weight is 620 g/mol. The molecule has 4 aromatic rings. The molecule has 222 valence electrons. The van der Waals surface area contributed by atoms with E-state index in [0.29, 0.717) is 11.1 Å². The van der Waals surface area contributed by atoms with Crippen molar-refractivity contribution in [3.05, 3.63) is 118 Å². The zero-order valence-corrected chi connectivity index (χ0v) is 24.7. The molecular weight excluding hydrogens is 590 g/mol. The third-order valence-corrected chi connectivity index (χ3v) is 10.2. The molecule has 1 fully saturated rings. The van der Waals surface area contributed by atoms with Gasteiger partial charge >= 0.3 is 5.63 Å². The maximum Gasteiger partial charge on any atom is 0.343 e. The first-order chi connectivity index (χ1) is 20.5. The van der Waals surface area contributed by atoms with Gasteiger partial charge in [0.2, 0.25) is 10.0 Å². The normalized spacial score (nSPS) is 14.9. The molecule has 0 aliphatic heterocycles. The molecule has 43 heavy (non-hydrogen) atoms. The fourth-order valence-corrected chi connectivity index (χ4v) is 7.34. The Kier molecular flexibility index (Phi) is 8.41. The van der Waals surface area contributed by atoms with Crippen molar-refractivity contribution in [1.29, 1.82) is 5.26 Å². The molecule has 0 saturated heterocycles. The lowest BCUT2D eigenvalue weighted by atomic mass is 9.87. The minimum absolute atomic E-state index is 0.0158. The summed E-state index contributed by atoms with van der Waals surface area (Å²) in [6, 6.07) is 22.2. The Labute approximate surface area is 249 Å². The molecule has 1 aliphatic rings. The second-order valence-electron chi connectivity index (χ2n) is 10.3. The quantitative estimate of drug-likeness (QED) is 0.211. The minimum Gasteiger partial charge on any atom is -0.507 e. The second-order valence-corrected chi connectivity index (χ2v) is 13.7. The summed E-state index contributed by atoms with van der Waals surface area (Å²) in [4.78, 5) is 13.4. The van der Waals surface area contributed by atoms with Gasteiger partial charge in [-0.1, -0.05) is 37.3 Å². The maximum absolute atomic E-state index is 13.4. The van der Waals surface area contributed by atoms with Crippen LogP contribution in [-0.4, -0.2) is 21.9 Å². The van der Waals surface area contributed by atoms with E-state index in [0.717, 1.165) is 12.8 Å². The summed E-state index contributed by atoms with van der Waals surface area (Å²) in [6.45, 7) is 1.72. The van der Waals surface area contributed by atoms with Crippen LogP contribution in [0.15, 0.2) is 104 Å². The molecular formula is C31H29N3O7S2. The van der Waals surface area contributed by atoms with Crippen molar-refractivity contribution in [2.75, 3.05) is 4.72 Å². The van der Waals surface area contributed by atoms with Gasteiger partial charge in [0.05, 0.1) is 33.0 Å². The van der Waals surface area contributed by atoms with Crippen molar-refractivity contribution in [3.8, 4) is 11.8 Å². The SMILES string of the molecule is CCC(NS(=O)(=O)c1ccccc1)c1cc(O)c(C(c2cccc(NS(=O)(=O)c3ccc(C#N)cc3)c2)C2CC2)c(=O)o1. The van der Waals surface area contributed by atoms with Crippen molar-refractivity contribution in [2.24, 2.45) is 5.92 Å². The number of sulfonamides is 2. The van der Waals surface area contributed by atoms with Gasteiger partial charge in [0.1, 0.15) is 11.5 Å². The Morgan fingerprint density at radius 3 is 2.21 bits per heavy atom. The van der Waals surface area contributed by atoms with Gasteiger partial charge < -0.3 is 9.52 Å². The van der Waals surface area contributed by atoms with Crippen molar-refractivity contribution < 1.29 is 26.4 Å². The van der Waals surface area contributed by atoms with Gasteiger partial charge in [0, 0.05) is 17.7 Å². The van der Waals surface area contributed by atoms with Crippen LogP contribution in [-0.2, 0) is 20.0 Å². The lowest BCUT2D eigenvalue weighted by Gasteiger charge is -2.21. The van der Waals surface area contributed by atoms with E-state index >= 15 is 0 Å². The zero-order chi connectivity index (χ0) is 30.8. The molecule has 0 amide bonds. The van der Waals surface area contributed by atoms with E-state index in [-0.39, 0.29) is 44.9 Å². The third-order valence-electron chi connectivity index (χ3n) is 7.28. The number of nitrogens with one attached hydrogen (secondary N) is 2. The molecule has 0 spiro atoms. The number of rotatable bonds is 11. The molecule has 5 rings (SSSR count). The first kappa shape index (κ1) is 30.0. The third kappa shape index (κ3) is 6.64. The van der Waals surface area contributed by atoms with Crippen molar-refractivity contribution in [2.45, 2.75) is 47.9 Å². The number of benzene rings is 3. The topological polar surface area (TPSA) is 167 Å². The fraction of sp³-hybridized carbons (Fsp3) is 0.226. The monoisotopic (exact) mass is 619 g/mol. The fourth-order valence-electron chi connectivity index (χ4n) is 4.99. The molecule has 2 atom stereocenters. The van der Waals surface area contributed by atoms with Crippen molar-refractivity contribution in [3.63, 3.8) is 0 Å². The average Bonchev–Trinajstić information content (AvgIpc) is 3.83. The molecule has 3 N–H and O–H groups in total. The van der Waals surface area contributed by atoms with E-state index in [9.17, 15) is 26.7 Å². The van der Waals surface area contributed by atoms with E-state index in [1.54, 1.807) is 49.4 Å². The summed E-state index contributed by atoms with van der Waals surface area (Å²) < 4.78 is 62.4. The number of hydrogen-bond acceptors (Lipinski definition) is 8. The van der Waals surface area contributed by atoms with Gasteiger partial charge in [-0.25, -0.2) is 26.4 Å². The molecule has 1 heterocycles. The van der Waals surface area contributed by atoms with Gasteiger partial charge in [0.25, 0.3) is 10.0 Å². The highest BCUT2D eigenvalue weighted by Crippen LogP contribution is 2.48. The van der Waals surface area contributed by atoms with Gasteiger partial charge in [0.15, 0.2) is 0 Å². The maximum atomic E-state index is 13.4. The van der Waals surface area contributed by atoms with E-state index in [4.69, 9.17) is 9.68 Å². The Morgan fingerprint density at radius 2 is 1.60 bits per heavy atom. The predicted molar refractivity (Wildman–Crippen MR) is 159 cm³/mol. The molecule has 1 saturated carbocycles. The summed E-state index contributed by atoms with van der Waals surface area (Å²) in [5.41, 5.74) is 0.424. The predicted octanol–water partition coefficient (Wildman–Crippen LogP) is 4.99. The van der Waals surface area contributed by atoms with Crippen molar-refractivity contribution >= 4 is 25.7 Å². The van der Waals surface area contributed by atoms with Crippen LogP contribution < -0.4 is 15.1 Å². The second kappa shape index (κ2) is 12.0. The Bertz CT molecular complexity index is 1950. The van der Waals surface area contributed by atoms with Crippen LogP contribution in [0.5, 0.6) is 5.75 Å². The first-order valence-electron chi connectivity index (χ1n) is 13.6. The minimum atomic E-state index is -3.96. The smallest absolute Gasteiger partial charge is 0.343 e. The van der Waals surface area contributed by atoms with Crippen LogP contribution in [0, 0.1) is 17.2 Å². The van der Waals surface area contributed by atoms with E-state index in [1.807, 2.05) is 6.07 Å². The molecule has 0 bridgehead atoms. The number of hydrogen-bond donors (Lipinski definition) is 3. The van der Waals surface area contributed by atoms with Crippen LogP contribution in [0.25, 0.3) is 0 Å². The Balaban J connectivity index is 1.44. The molecule has 10 nitrogen and oxygen atoms in total. The van der Waals surface area contributed by atoms with Crippen LogP contribution in [0.2, 0.25) is 0 Å². The standard InChI is InChI=1S/C31H29N3O7S2/c1-2-26(34-43(39,40)24-9-4-3-5-10-24)28-18-27(35)30(31(36)41-28)29(21-13-14-21)22-7-6-8-23(17-22)33-42(37,38)25-15-11-20(19-32)12-16-25/h3-12,15-18,21,26,29,33-35H,2,13-14H2,1H3. The van der Waals surface area contributed by atoms with Crippen molar-refractivity contribution in [1.82, 2.24) is 4.72 Å². The number of nitrogens with zero attached hydrogens (tertiary/aromatic N) is 1. The van der Waals surface area contributed by atoms with Crippen LogP contribution >= 0.6 is 0 Å². The Hall–Kier alpha value is -4.44. The summed E-state index contributed by atoms with van der Waals surface area (Å²) in [5, 5.41) is 20.1. The number of aromatic hydroxyl groups is 1. The van der Waals surface area contributed by atoms with E-state index in [1.165, 1.54) is 42.5 Å². The van der Waals surface area contributed by atoms with Gasteiger partial charge in [-0.15, -0.1) is 0 Å². The zero-order valence-electron chi connectivity index (χ0n) is 23.1. The highest BCUT2D eigenvalue weighted by Gasteiger charge is 2.38. The largest absolute Gasteiger partial charge is 0.507 e. The lowest BCUT2D eigenvalue weighted by Crippen LogP contribution is -2.29. The lowest BCUT2D eigenvalue weighted by molar-refractivity contribution is 0.373. The molecule has 12 heteroatoms. The molecule has 0 radical (unpaired) electrons. The summed E-state index contributed by atoms with van der Waals surface area (Å²) in [7, 11) is -7.89. The molecule has 1 aliphatic carbocycles. The highest BCUT2D eigenvalue weighted by molar-refractivity contribution is 7.92. The summed E-state index contributed by atoms with van der Waals surface area (Å²) in [5.74, 6) is -0.912. The molecule has 1 aromatic heterocycles. The van der Waals surface area contributed by atoms with Gasteiger partial charge in [-0.3, -0.25) is 4.72 Å². The molecule has 3 aromatic carbocycles. The van der Waals surface area contributed by atoms with E-state index < -0.39 is 37.6 Å². The summed E-state index contributed by atoms with van der Waals surface area (Å²) >= 11 is 0. The Morgan fingerprint density at radius 1 is 0.930 bits per heavy atom. The van der Waals surface area contributed by atoms with Crippen LogP contribution in [0.4, 0.5) is 5.69 Å². The number of nitriles is 1. The van der Waals surface area contributed by atoms with Crippen LogP contribution in [0.3, 0.4) is 0 Å². The first-order valence-corrected chi connectivity index (χ1v) is 16.6.